The highest BCUT2D eigenvalue weighted by Gasteiger charge is 2.35. The topological polar surface area (TPSA) is 41.5 Å². The van der Waals surface area contributed by atoms with Crippen LogP contribution in [0.2, 0.25) is 0 Å². The van der Waals surface area contributed by atoms with Gasteiger partial charge in [-0.05, 0) is 25.7 Å². The SMILES string of the molecule is COC1CC(NCC2(CO)CCCC2)C1. The minimum atomic E-state index is 0.193. The third kappa shape index (κ3) is 2.52. The first-order valence-corrected chi connectivity index (χ1v) is 6.15. The standard InChI is InChI=1S/C12H23NO2/c1-15-11-6-10(7-11)13-8-12(9-14)4-2-3-5-12/h10-11,13-14H,2-9H2,1H3. The molecule has 15 heavy (non-hydrogen) atoms. The molecule has 0 aliphatic heterocycles. The lowest BCUT2D eigenvalue weighted by molar-refractivity contribution is 0.0116. The van der Waals surface area contributed by atoms with Crippen LogP contribution >= 0.6 is 0 Å². The van der Waals surface area contributed by atoms with E-state index in [0.717, 1.165) is 19.4 Å². The summed E-state index contributed by atoms with van der Waals surface area (Å²) in [6.45, 7) is 1.34. The molecule has 0 aromatic carbocycles. The van der Waals surface area contributed by atoms with Gasteiger partial charge in [-0.25, -0.2) is 0 Å². The van der Waals surface area contributed by atoms with Gasteiger partial charge in [0, 0.05) is 31.7 Å². The Balaban J connectivity index is 1.68. The summed E-state index contributed by atoms with van der Waals surface area (Å²) in [6.07, 6.45) is 7.70. The van der Waals surface area contributed by atoms with Gasteiger partial charge in [-0.3, -0.25) is 0 Å². The lowest BCUT2D eigenvalue weighted by Crippen LogP contribution is -2.49. The number of nitrogens with one attached hydrogen (secondary N) is 1. The van der Waals surface area contributed by atoms with Crippen LogP contribution in [0.15, 0.2) is 0 Å². The number of aliphatic hydroxyl groups excluding tert-OH is 1. The molecule has 3 heteroatoms. The molecule has 2 aliphatic carbocycles. The summed E-state index contributed by atoms with van der Waals surface area (Å²) in [5.41, 5.74) is 0.193. The van der Waals surface area contributed by atoms with Crippen LogP contribution in [-0.4, -0.2) is 37.5 Å². The third-order valence-corrected chi connectivity index (χ3v) is 4.19. The number of ether oxygens (including phenoxy) is 1. The summed E-state index contributed by atoms with van der Waals surface area (Å²) in [4.78, 5) is 0. The van der Waals surface area contributed by atoms with Crippen molar-refractivity contribution in [1.82, 2.24) is 5.32 Å². The Morgan fingerprint density at radius 1 is 1.33 bits per heavy atom. The zero-order valence-electron chi connectivity index (χ0n) is 9.67. The molecule has 0 bridgehead atoms. The van der Waals surface area contributed by atoms with Crippen molar-refractivity contribution >= 4 is 0 Å². The minimum absolute atomic E-state index is 0.193. The van der Waals surface area contributed by atoms with Crippen molar-refractivity contribution in [2.75, 3.05) is 20.3 Å². The predicted octanol–water partition coefficient (Wildman–Crippen LogP) is 1.31. The van der Waals surface area contributed by atoms with Crippen LogP contribution in [0.1, 0.15) is 38.5 Å². The van der Waals surface area contributed by atoms with Crippen molar-refractivity contribution in [2.24, 2.45) is 5.41 Å². The van der Waals surface area contributed by atoms with Crippen LogP contribution in [0.25, 0.3) is 0 Å². The first kappa shape index (κ1) is 11.4. The molecule has 0 aromatic rings. The molecule has 0 unspecified atom stereocenters. The number of hydrogen-bond acceptors (Lipinski definition) is 3. The highest BCUT2D eigenvalue weighted by Crippen LogP contribution is 2.37. The Bertz CT molecular complexity index is 196. The first-order chi connectivity index (χ1) is 7.28. The molecular weight excluding hydrogens is 190 g/mol. The van der Waals surface area contributed by atoms with E-state index < -0.39 is 0 Å². The van der Waals surface area contributed by atoms with E-state index in [1.54, 1.807) is 7.11 Å². The molecule has 2 aliphatic rings. The zero-order chi connectivity index (χ0) is 10.7. The molecule has 0 amide bonds. The summed E-state index contributed by atoms with van der Waals surface area (Å²) in [6, 6.07) is 0.624. The van der Waals surface area contributed by atoms with Crippen LogP contribution in [0.3, 0.4) is 0 Å². The number of rotatable bonds is 5. The van der Waals surface area contributed by atoms with Crippen LogP contribution in [0.4, 0.5) is 0 Å². The van der Waals surface area contributed by atoms with Gasteiger partial charge in [-0.2, -0.15) is 0 Å². The molecule has 2 rings (SSSR count). The van der Waals surface area contributed by atoms with Crippen molar-refractivity contribution in [3.05, 3.63) is 0 Å². The molecule has 0 radical (unpaired) electrons. The van der Waals surface area contributed by atoms with Crippen LogP contribution in [0.5, 0.6) is 0 Å². The molecule has 0 saturated heterocycles. The highest BCUT2D eigenvalue weighted by molar-refractivity contribution is 4.91. The van der Waals surface area contributed by atoms with Gasteiger partial charge < -0.3 is 15.2 Å². The van der Waals surface area contributed by atoms with Crippen molar-refractivity contribution in [3.63, 3.8) is 0 Å². The van der Waals surface area contributed by atoms with Gasteiger partial charge in [0.25, 0.3) is 0 Å². The summed E-state index contributed by atoms with van der Waals surface area (Å²) in [7, 11) is 1.78. The number of hydrogen-bond donors (Lipinski definition) is 2. The van der Waals surface area contributed by atoms with E-state index in [-0.39, 0.29) is 5.41 Å². The molecule has 2 saturated carbocycles. The van der Waals surface area contributed by atoms with Gasteiger partial charge in [0.2, 0.25) is 0 Å². The number of aliphatic hydroxyl groups is 1. The fraction of sp³-hybridized carbons (Fsp3) is 1.00. The molecule has 0 aromatic heterocycles. The van der Waals surface area contributed by atoms with Crippen molar-refractivity contribution < 1.29 is 9.84 Å². The lowest BCUT2D eigenvalue weighted by Gasteiger charge is -2.37. The quantitative estimate of drug-likeness (QED) is 0.723. The smallest absolute Gasteiger partial charge is 0.0601 e. The second-order valence-corrected chi connectivity index (χ2v) is 5.27. The van der Waals surface area contributed by atoms with Crippen molar-refractivity contribution in [3.8, 4) is 0 Å². The van der Waals surface area contributed by atoms with Gasteiger partial charge in [0.15, 0.2) is 0 Å². The summed E-state index contributed by atoms with van der Waals surface area (Å²) >= 11 is 0. The highest BCUT2D eigenvalue weighted by atomic mass is 16.5. The lowest BCUT2D eigenvalue weighted by atomic mass is 9.84. The van der Waals surface area contributed by atoms with Crippen molar-refractivity contribution in [2.45, 2.75) is 50.7 Å². The molecule has 0 atom stereocenters. The predicted molar refractivity (Wildman–Crippen MR) is 59.8 cm³/mol. The van der Waals surface area contributed by atoms with Gasteiger partial charge in [0.05, 0.1) is 6.10 Å². The maximum absolute atomic E-state index is 9.45. The average Bonchev–Trinajstić information content (AvgIpc) is 2.65. The fourth-order valence-electron chi connectivity index (χ4n) is 2.80. The molecular formula is C12H23NO2. The normalized spacial score (nSPS) is 34.0. The Labute approximate surface area is 92.2 Å². The summed E-state index contributed by atoms with van der Waals surface area (Å²) in [5, 5.41) is 13.0. The Kier molecular flexibility index (Phi) is 3.65. The van der Waals surface area contributed by atoms with Crippen LogP contribution in [-0.2, 0) is 4.74 Å². The minimum Gasteiger partial charge on any atom is -0.396 e. The monoisotopic (exact) mass is 213 g/mol. The molecule has 88 valence electrons. The Morgan fingerprint density at radius 2 is 2.00 bits per heavy atom. The zero-order valence-corrected chi connectivity index (χ0v) is 9.67. The van der Waals surface area contributed by atoms with Crippen LogP contribution < -0.4 is 5.32 Å². The Morgan fingerprint density at radius 3 is 2.53 bits per heavy atom. The second kappa shape index (κ2) is 4.81. The molecule has 2 fully saturated rings. The maximum Gasteiger partial charge on any atom is 0.0601 e. The maximum atomic E-state index is 9.45. The van der Waals surface area contributed by atoms with Gasteiger partial charge in [-0.15, -0.1) is 0 Å². The molecule has 2 N–H and O–H groups in total. The largest absolute Gasteiger partial charge is 0.396 e. The molecule has 0 spiro atoms. The van der Waals surface area contributed by atoms with E-state index in [1.807, 2.05) is 0 Å². The third-order valence-electron chi connectivity index (χ3n) is 4.19. The fourth-order valence-corrected chi connectivity index (χ4v) is 2.80. The summed E-state index contributed by atoms with van der Waals surface area (Å²) < 4.78 is 5.25. The van der Waals surface area contributed by atoms with Crippen LogP contribution in [0, 0.1) is 5.41 Å². The first-order valence-electron chi connectivity index (χ1n) is 6.15. The molecule has 0 heterocycles. The summed E-state index contributed by atoms with van der Waals surface area (Å²) in [5.74, 6) is 0. The van der Waals surface area contributed by atoms with E-state index in [2.05, 4.69) is 5.32 Å². The van der Waals surface area contributed by atoms with Gasteiger partial charge >= 0.3 is 0 Å². The molecule has 3 nitrogen and oxygen atoms in total. The number of methoxy groups -OCH3 is 1. The van der Waals surface area contributed by atoms with E-state index in [9.17, 15) is 5.11 Å². The van der Waals surface area contributed by atoms with E-state index >= 15 is 0 Å². The Hall–Kier alpha value is -0.120. The van der Waals surface area contributed by atoms with E-state index in [1.165, 1.54) is 25.7 Å². The van der Waals surface area contributed by atoms with Gasteiger partial charge in [-0.1, -0.05) is 12.8 Å². The average molecular weight is 213 g/mol. The van der Waals surface area contributed by atoms with Gasteiger partial charge in [0.1, 0.15) is 0 Å². The van der Waals surface area contributed by atoms with Crippen molar-refractivity contribution in [1.29, 1.82) is 0 Å². The second-order valence-electron chi connectivity index (χ2n) is 5.27. The van der Waals surface area contributed by atoms with E-state index in [0.29, 0.717) is 18.8 Å². The van der Waals surface area contributed by atoms with E-state index in [4.69, 9.17) is 4.74 Å².